The number of nitrogens with one attached hydrogen (secondary N) is 2. The van der Waals surface area contributed by atoms with Crippen molar-refractivity contribution in [2.45, 2.75) is 0 Å². The summed E-state index contributed by atoms with van der Waals surface area (Å²) in [5.74, 6) is -0.313. The van der Waals surface area contributed by atoms with Crippen molar-refractivity contribution in [3.63, 3.8) is 0 Å². The Bertz CT molecular complexity index is 679. The Balaban J connectivity index is 1.94. The molecule has 114 valence electrons. The van der Waals surface area contributed by atoms with Gasteiger partial charge in [0.15, 0.2) is 5.11 Å². The lowest BCUT2D eigenvalue weighted by molar-refractivity contribution is 0.0827. The second kappa shape index (κ2) is 7.15. The lowest BCUT2D eigenvalue weighted by Gasteiger charge is -2.12. The number of nitrogens with zero attached hydrogens (tertiary/aromatic N) is 1. The molecule has 1 aromatic heterocycles. The molecule has 0 saturated carbocycles. The molecule has 2 aromatic rings. The molecular formula is C15H15N3O2S2. The van der Waals surface area contributed by atoms with E-state index in [1.165, 1.54) is 16.2 Å². The maximum Gasteiger partial charge on any atom is 0.267 e. The van der Waals surface area contributed by atoms with E-state index >= 15 is 0 Å². The molecular weight excluding hydrogens is 318 g/mol. The number of anilines is 1. The summed E-state index contributed by atoms with van der Waals surface area (Å²) >= 11 is 6.44. The van der Waals surface area contributed by atoms with Crippen LogP contribution in [0.3, 0.4) is 0 Å². The lowest BCUT2D eigenvalue weighted by atomic mass is 10.2. The number of rotatable bonds is 3. The number of carbonyl (C=O) groups excluding carboxylic acids is 2. The van der Waals surface area contributed by atoms with Crippen molar-refractivity contribution in [2.24, 2.45) is 0 Å². The van der Waals surface area contributed by atoms with E-state index in [-0.39, 0.29) is 16.9 Å². The van der Waals surface area contributed by atoms with E-state index in [2.05, 4.69) is 10.6 Å². The number of benzene rings is 1. The molecule has 0 aliphatic carbocycles. The van der Waals surface area contributed by atoms with Crippen LogP contribution in [0.25, 0.3) is 0 Å². The van der Waals surface area contributed by atoms with Gasteiger partial charge < -0.3 is 10.2 Å². The van der Waals surface area contributed by atoms with Gasteiger partial charge in [0, 0.05) is 25.3 Å². The Kier molecular flexibility index (Phi) is 5.24. The lowest BCUT2D eigenvalue weighted by Crippen LogP contribution is -2.33. The highest BCUT2D eigenvalue weighted by molar-refractivity contribution is 7.80. The summed E-state index contributed by atoms with van der Waals surface area (Å²) < 4.78 is 0. The van der Waals surface area contributed by atoms with Gasteiger partial charge in [-0.1, -0.05) is 6.07 Å². The Labute approximate surface area is 137 Å². The highest BCUT2D eigenvalue weighted by atomic mass is 32.1. The number of carbonyl (C=O) groups is 2. The first-order valence-corrected chi connectivity index (χ1v) is 7.73. The van der Waals surface area contributed by atoms with Crippen LogP contribution in [0, 0.1) is 0 Å². The fourth-order valence-electron chi connectivity index (χ4n) is 1.69. The molecule has 5 nitrogen and oxygen atoms in total. The second-order valence-electron chi connectivity index (χ2n) is 4.66. The fraction of sp³-hybridized carbons (Fsp3) is 0.133. The minimum Gasteiger partial charge on any atom is -0.345 e. The largest absolute Gasteiger partial charge is 0.345 e. The average Bonchev–Trinajstić information content (AvgIpc) is 3.01. The molecule has 0 aliphatic rings. The maximum absolute atomic E-state index is 11.8. The molecule has 0 atom stereocenters. The first-order valence-electron chi connectivity index (χ1n) is 6.45. The van der Waals surface area contributed by atoms with Crippen LogP contribution in [0.2, 0.25) is 0 Å². The van der Waals surface area contributed by atoms with Crippen molar-refractivity contribution < 1.29 is 9.59 Å². The van der Waals surface area contributed by atoms with Crippen LogP contribution in [-0.2, 0) is 0 Å². The van der Waals surface area contributed by atoms with Crippen molar-refractivity contribution in [2.75, 3.05) is 19.4 Å². The predicted molar refractivity (Wildman–Crippen MR) is 92.5 cm³/mol. The van der Waals surface area contributed by atoms with Gasteiger partial charge in [-0.3, -0.25) is 14.9 Å². The van der Waals surface area contributed by atoms with Gasteiger partial charge in [0.25, 0.3) is 11.8 Å². The second-order valence-corrected chi connectivity index (χ2v) is 6.02. The third kappa shape index (κ3) is 4.12. The molecule has 0 fully saturated rings. The van der Waals surface area contributed by atoms with Crippen LogP contribution in [0.4, 0.5) is 5.69 Å². The molecule has 2 amide bonds. The quantitative estimate of drug-likeness (QED) is 0.848. The molecule has 0 aliphatic heterocycles. The fourth-order valence-corrected chi connectivity index (χ4v) is 2.52. The highest BCUT2D eigenvalue weighted by Crippen LogP contribution is 2.11. The number of amides is 2. The third-order valence-electron chi connectivity index (χ3n) is 2.77. The first-order chi connectivity index (χ1) is 10.5. The Morgan fingerprint density at radius 1 is 1.14 bits per heavy atom. The van der Waals surface area contributed by atoms with E-state index in [4.69, 9.17) is 12.2 Å². The molecule has 22 heavy (non-hydrogen) atoms. The maximum atomic E-state index is 11.8. The van der Waals surface area contributed by atoms with Crippen LogP contribution >= 0.6 is 23.6 Å². The van der Waals surface area contributed by atoms with Crippen LogP contribution in [-0.4, -0.2) is 35.9 Å². The summed E-state index contributed by atoms with van der Waals surface area (Å²) in [5, 5.41) is 7.55. The van der Waals surface area contributed by atoms with Gasteiger partial charge in [0.1, 0.15) is 0 Å². The van der Waals surface area contributed by atoms with Crippen molar-refractivity contribution in [1.82, 2.24) is 10.2 Å². The third-order valence-corrected chi connectivity index (χ3v) is 3.84. The molecule has 1 heterocycles. The summed E-state index contributed by atoms with van der Waals surface area (Å²) in [7, 11) is 3.40. The molecule has 2 N–H and O–H groups in total. The van der Waals surface area contributed by atoms with E-state index in [0.717, 1.165) is 0 Å². The van der Waals surface area contributed by atoms with E-state index in [1.807, 2.05) is 5.38 Å². The number of thiophene rings is 1. The molecule has 7 heteroatoms. The average molecular weight is 333 g/mol. The van der Waals surface area contributed by atoms with Crippen LogP contribution in [0.15, 0.2) is 41.8 Å². The number of hydrogen-bond donors (Lipinski definition) is 2. The molecule has 0 unspecified atom stereocenters. The predicted octanol–water partition coefficient (Wildman–Crippen LogP) is 2.58. The summed E-state index contributed by atoms with van der Waals surface area (Å²) in [6.07, 6.45) is 0. The zero-order valence-electron chi connectivity index (χ0n) is 12.1. The van der Waals surface area contributed by atoms with Gasteiger partial charge in [-0.15, -0.1) is 11.3 Å². The van der Waals surface area contributed by atoms with Gasteiger partial charge in [0.2, 0.25) is 0 Å². The zero-order valence-corrected chi connectivity index (χ0v) is 13.8. The summed E-state index contributed by atoms with van der Waals surface area (Å²) in [4.78, 5) is 25.7. The van der Waals surface area contributed by atoms with Gasteiger partial charge in [-0.2, -0.15) is 0 Å². The topological polar surface area (TPSA) is 61.4 Å². The Morgan fingerprint density at radius 2 is 1.82 bits per heavy atom. The Morgan fingerprint density at radius 3 is 2.36 bits per heavy atom. The van der Waals surface area contributed by atoms with E-state index < -0.39 is 0 Å². The van der Waals surface area contributed by atoms with Gasteiger partial charge >= 0.3 is 0 Å². The molecule has 0 spiro atoms. The summed E-state index contributed by atoms with van der Waals surface area (Å²) in [6, 6.07) is 10.4. The normalized spacial score (nSPS) is 9.91. The van der Waals surface area contributed by atoms with Gasteiger partial charge in [0.05, 0.1) is 4.88 Å². The standard InChI is InChI=1S/C15H15N3O2S2/c1-18(2)14(20)10-5-7-11(8-6-10)16-15(21)17-13(19)12-4-3-9-22-12/h3-9H,1-2H3,(H2,16,17,19,21). The van der Waals surface area contributed by atoms with Gasteiger partial charge in [-0.25, -0.2) is 0 Å². The monoisotopic (exact) mass is 333 g/mol. The Hall–Kier alpha value is -2.25. The van der Waals surface area contributed by atoms with Crippen molar-refractivity contribution in [3.05, 3.63) is 52.2 Å². The van der Waals surface area contributed by atoms with Crippen LogP contribution in [0.5, 0.6) is 0 Å². The summed E-state index contributed by atoms with van der Waals surface area (Å²) in [6.45, 7) is 0. The number of hydrogen-bond acceptors (Lipinski definition) is 4. The highest BCUT2D eigenvalue weighted by Gasteiger charge is 2.10. The minimum atomic E-state index is -0.244. The molecule has 1 aromatic carbocycles. The first kappa shape index (κ1) is 16.1. The molecule has 0 radical (unpaired) electrons. The SMILES string of the molecule is CN(C)C(=O)c1ccc(NC(=S)NC(=O)c2cccs2)cc1. The van der Waals surface area contributed by atoms with Crippen molar-refractivity contribution in [1.29, 1.82) is 0 Å². The van der Waals surface area contributed by atoms with Crippen LogP contribution in [0.1, 0.15) is 20.0 Å². The van der Waals surface area contributed by atoms with E-state index in [1.54, 1.807) is 50.5 Å². The van der Waals surface area contributed by atoms with E-state index in [9.17, 15) is 9.59 Å². The van der Waals surface area contributed by atoms with Gasteiger partial charge in [-0.05, 0) is 47.9 Å². The van der Waals surface area contributed by atoms with E-state index in [0.29, 0.717) is 16.1 Å². The molecule has 2 rings (SSSR count). The summed E-state index contributed by atoms with van der Waals surface area (Å²) in [5.41, 5.74) is 1.29. The van der Waals surface area contributed by atoms with Crippen molar-refractivity contribution >= 4 is 46.2 Å². The zero-order chi connectivity index (χ0) is 16.1. The molecule has 0 saturated heterocycles. The van der Waals surface area contributed by atoms with Crippen molar-refractivity contribution in [3.8, 4) is 0 Å². The van der Waals surface area contributed by atoms with Crippen LogP contribution < -0.4 is 10.6 Å². The molecule has 0 bridgehead atoms. The smallest absolute Gasteiger partial charge is 0.267 e. The minimum absolute atomic E-state index is 0.0693. The number of thiocarbonyl (C=S) groups is 1.